The van der Waals surface area contributed by atoms with Crippen LogP contribution in [0.15, 0.2) is 30.3 Å². The number of para-hydroxylation sites is 1. The van der Waals surface area contributed by atoms with Crippen molar-refractivity contribution in [3.05, 3.63) is 41.6 Å². The average Bonchev–Trinajstić information content (AvgIpc) is 3.24. The zero-order chi connectivity index (χ0) is 19.4. The molecule has 2 heterocycles. The van der Waals surface area contributed by atoms with E-state index in [2.05, 4.69) is 15.7 Å². The van der Waals surface area contributed by atoms with Crippen LogP contribution in [-0.2, 0) is 15.7 Å². The number of hydrogen-bond donors (Lipinski definition) is 2. The molecular formula is C18H22ClF3N4O2. The summed E-state index contributed by atoms with van der Waals surface area (Å²) >= 11 is 0. The number of aromatic nitrogens is 2. The van der Waals surface area contributed by atoms with Gasteiger partial charge in [0.15, 0.2) is 0 Å². The van der Waals surface area contributed by atoms with E-state index in [0.29, 0.717) is 12.2 Å². The van der Waals surface area contributed by atoms with Gasteiger partial charge in [-0.3, -0.25) is 4.79 Å². The number of hydrogen-bond acceptors (Lipinski definition) is 4. The number of benzene rings is 1. The van der Waals surface area contributed by atoms with Crippen molar-refractivity contribution in [2.45, 2.75) is 32.0 Å². The van der Waals surface area contributed by atoms with Gasteiger partial charge in [0.05, 0.1) is 29.6 Å². The molecule has 0 aliphatic carbocycles. The summed E-state index contributed by atoms with van der Waals surface area (Å²) in [6.45, 7) is 2.97. The lowest BCUT2D eigenvalue weighted by atomic mass is 10.1. The van der Waals surface area contributed by atoms with Gasteiger partial charge in [0, 0.05) is 19.2 Å². The molecule has 1 aliphatic rings. The molecule has 0 spiro atoms. The van der Waals surface area contributed by atoms with Crippen molar-refractivity contribution in [2.24, 2.45) is 0 Å². The van der Waals surface area contributed by atoms with Crippen molar-refractivity contribution in [2.75, 3.05) is 25.0 Å². The van der Waals surface area contributed by atoms with Crippen molar-refractivity contribution >= 4 is 24.1 Å². The van der Waals surface area contributed by atoms with Gasteiger partial charge in [0.1, 0.15) is 5.82 Å². The topological polar surface area (TPSA) is 68.2 Å². The number of rotatable bonds is 6. The molecule has 1 atom stereocenters. The number of amides is 1. The number of alkyl halides is 3. The summed E-state index contributed by atoms with van der Waals surface area (Å²) in [4.78, 5) is 12.2. The third kappa shape index (κ3) is 5.46. The molecule has 1 amide bonds. The Hall–Kier alpha value is -2.10. The molecule has 10 heteroatoms. The number of ether oxygens (including phenoxy) is 1. The fraction of sp³-hybridized carbons (Fsp3) is 0.444. The maximum absolute atomic E-state index is 13.3. The Morgan fingerprint density at radius 1 is 1.36 bits per heavy atom. The minimum absolute atomic E-state index is 0. The summed E-state index contributed by atoms with van der Waals surface area (Å²) in [6, 6.07) is 6.65. The highest BCUT2D eigenvalue weighted by molar-refractivity contribution is 5.91. The Kier molecular flexibility index (Phi) is 7.45. The fourth-order valence-corrected chi connectivity index (χ4v) is 3.01. The van der Waals surface area contributed by atoms with Gasteiger partial charge in [0.25, 0.3) is 0 Å². The maximum Gasteiger partial charge on any atom is 0.418 e. The minimum Gasteiger partial charge on any atom is -0.377 e. The van der Waals surface area contributed by atoms with E-state index in [1.54, 1.807) is 6.92 Å². The van der Waals surface area contributed by atoms with E-state index in [9.17, 15) is 18.0 Å². The summed E-state index contributed by atoms with van der Waals surface area (Å²) in [6.07, 6.45) is -2.46. The predicted octanol–water partition coefficient (Wildman–Crippen LogP) is 3.33. The van der Waals surface area contributed by atoms with E-state index in [1.165, 1.54) is 24.3 Å². The number of carbonyl (C=O) groups excluding carboxylic acids is 1. The van der Waals surface area contributed by atoms with E-state index in [4.69, 9.17) is 4.74 Å². The molecule has 1 aliphatic heterocycles. The lowest BCUT2D eigenvalue weighted by Crippen LogP contribution is -2.34. The molecule has 0 radical (unpaired) electrons. The quantitative estimate of drug-likeness (QED) is 0.755. The molecule has 1 aromatic carbocycles. The Morgan fingerprint density at radius 2 is 2.11 bits per heavy atom. The predicted molar refractivity (Wildman–Crippen MR) is 101 cm³/mol. The van der Waals surface area contributed by atoms with Gasteiger partial charge in [-0.05, 0) is 31.9 Å². The third-order valence-electron chi connectivity index (χ3n) is 4.22. The minimum atomic E-state index is -4.53. The summed E-state index contributed by atoms with van der Waals surface area (Å²) in [5, 5.41) is 9.74. The van der Waals surface area contributed by atoms with Crippen LogP contribution >= 0.6 is 12.4 Å². The van der Waals surface area contributed by atoms with Gasteiger partial charge in [-0.15, -0.1) is 12.4 Å². The zero-order valence-electron chi connectivity index (χ0n) is 15.3. The van der Waals surface area contributed by atoms with Crippen molar-refractivity contribution in [3.63, 3.8) is 0 Å². The molecule has 1 saturated heterocycles. The number of anilines is 1. The maximum atomic E-state index is 13.3. The van der Waals surface area contributed by atoms with E-state index >= 15 is 0 Å². The average molecular weight is 419 g/mol. The van der Waals surface area contributed by atoms with E-state index < -0.39 is 11.7 Å². The van der Waals surface area contributed by atoms with Crippen molar-refractivity contribution in [3.8, 4) is 5.69 Å². The lowest BCUT2D eigenvalue weighted by Gasteiger charge is -2.15. The monoisotopic (exact) mass is 418 g/mol. The van der Waals surface area contributed by atoms with Gasteiger partial charge in [0.2, 0.25) is 5.91 Å². The molecule has 1 unspecified atom stereocenters. The zero-order valence-corrected chi connectivity index (χ0v) is 16.1. The first-order valence-corrected chi connectivity index (χ1v) is 8.70. The standard InChI is InChI=1S/C18H21F3N4O2.ClH/c1-12-9-16(23-17(26)11-22-10-13-5-4-8-27-13)25(24-12)15-7-3-2-6-14(15)18(19,20)21;/h2-3,6-7,9,13,22H,4-5,8,10-11H2,1H3,(H,23,26);1H. The Balaban J connectivity index is 0.00000280. The summed E-state index contributed by atoms with van der Waals surface area (Å²) in [5.41, 5.74) is -0.463. The second kappa shape index (κ2) is 9.40. The molecule has 2 aromatic rings. The van der Waals surface area contributed by atoms with Gasteiger partial charge in [-0.2, -0.15) is 18.3 Å². The molecule has 6 nitrogen and oxygen atoms in total. The molecule has 0 bridgehead atoms. The lowest BCUT2D eigenvalue weighted by molar-refractivity contribution is -0.137. The first-order chi connectivity index (χ1) is 12.8. The van der Waals surface area contributed by atoms with Crippen LogP contribution in [-0.4, -0.2) is 41.5 Å². The Labute approximate surface area is 166 Å². The van der Waals surface area contributed by atoms with Crippen molar-refractivity contribution in [1.82, 2.24) is 15.1 Å². The van der Waals surface area contributed by atoms with Gasteiger partial charge in [-0.25, -0.2) is 4.68 Å². The largest absolute Gasteiger partial charge is 0.418 e. The van der Waals surface area contributed by atoms with Crippen LogP contribution in [0.2, 0.25) is 0 Å². The number of halogens is 4. The van der Waals surface area contributed by atoms with Gasteiger partial charge >= 0.3 is 6.18 Å². The van der Waals surface area contributed by atoms with Crippen LogP contribution in [0.3, 0.4) is 0 Å². The molecule has 1 aromatic heterocycles. The van der Waals surface area contributed by atoms with Crippen LogP contribution in [0.4, 0.5) is 19.0 Å². The first-order valence-electron chi connectivity index (χ1n) is 8.70. The molecule has 0 saturated carbocycles. The van der Waals surface area contributed by atoms with E-state index in [1.807, 2.05) is 0 Å². The summed E-state index contributed by atoms with van der Waals surface area (Å²) in [5.74, 6) is -0.174. The van der Waals surface area contributed by atoms with Crippen molar-refractivity contribution in [1.29, 1.82) is 0 Å². The normalized spacial score (nSPS) is 16.6. The highest BCUT2D eigenvalue weighted by Crippen LogP contribution is 2.34. The first kappa shape index (κ1) is 22.2. The summed E-state index contributed by atoms with van der Waals surface area (Å²) < 4.78 is 46.5. The number of nitrogens with zero attached hydrogens (tertiary/aromatic N) is 2. The number of carbonyl (C=O) groups is 1. The molecule has 154 valence electrons. The second-order valence-corrected chi connectivity index (χ2v) is 6.41. The smallest absolute Gasteiger partial charge is 0.377 e. The number of nitrogens with one attached hydrogen (secondary N) is 2. The molecule has 28 heavy (non-hydrogen) atoms. The SMILES string of the molecule is Cc1cc(NC(=O)CNCC2CCCO2)n(-c2ccccc2C(F)(F)F)n1.Cl. The highest BCUT2D eigenvalue weighted by Gasteiger charge is 2.34. The van der Waals surface area contributed by atoms with E-state index in [0.717, 1.165) is 30.2 Å². The van der Waals surface area contributed by atoms with Crippen LogP contribution in [0.1, 0.15) is 24.1 Å². The van der Waals surface area contributed by atoms with Crippen molar-refractivity contribution < 1.29 is 22.7 Å². The third-order valence-corrected chi connectivity index (χ3v) is 4.22. The van der Waals surface area contributed by atoms with Crippen LogP contribution in [0, 0.1) is 6.92 Å². The van der Waals surface area contributed by atoms with Gasteiger partial charge in [-0.1, -0.05) is 12.1 Å². The van der Waals surface area contributed by atoms with Gasteiger partial charge < -0.3 is 15.4 Å². The fourth-order valence-electron chi connectivity index (χ4n) is 3.01. The molecule has 3 rings (SSSR count). The molecular weight excluding hydrogens is 397 g/mol. The molecule has 2 N–H and O–H groups in total. The van der Waals surface area contributed by atoms with Crippen LogP contribution in [0.25, 0.3) is 5.69 Å². The summed E-state index contributed by atoms with van der Waals surface area (Å²) in [7, 11) is 0. The Bertz CT molecular complexity index is 804. The molecule has 1 fully saturated rings. The van der Waals surface area contributed by atoms with E-state index in [-0.39, 0.29) is 42.5 Å². The highest BCUT2D eigenvalue weighted by atomic mass is 35.5. The Morgan fingerprint density at radius 3 is 2.79 bits per heavy atom. The second-order valence-electron chi connectivity index (χ2n) is 6.41. The van der Waals surface area contributed by atoms with Crippen LogP contribution in [0.5, 0.6) is 0 Å². The van der Waals surface area contributed by atoms with Crippen LogP contribution < -0.4 is 10.6 Å². The number of aryl methyl sites for hydroxylation is 1.